The molecule has 2 atom stereocenters. The Morgan fingerprint density at radius 3 is 2.84 bits per heavy atom. The van der Waals surface area contributed by atoms with Gasteiger partial charge in [0.05, 0.1) is 5.02 Å². The van der Waals surface area contributed by atoms with Crippen molar-refractivity contribution in [2.24, 2.45) is 10.7 Å². The molecule has 1 aliphatic carbocycles. The number of carbonyl (C=O) groups is 1. The molecule has 0 unspecified atom stereocenters. The highest BCUT2D eigenvalue weighted by Gasteiger charge is 2.51. The van der Waals surface area contributed by atoms with Gasteiger partial charge in [0.25, 0.3) is 0 Å². The van der Waals surface area contributed by atoms with Crippen LogP contribution in [0.2, 0.25) is 5.02 Å². The summed E-state index contributed by atoms with van der Waals surface area (Å²) in [6, 6.07) is 6.51. The summed E-state index contributed by atoms with van der Waals surface area (Å²) < 4.78 is 41.3. The highest BCUT2D eigenvalue weighted by molar-refractivity contribution is 7.90. The molecule has 0 spiro atoms. The molecule has 7 nitrogen and oxygen atoms in total. The molecule has 0 bridgehead atoms. The number of benzene rings is 1. The molecule has 164 valence electrons. The van der Waals surface area contributed by atoms with Crippen LogP contribution < -0.4 is 5.73 Å². The van der Waals surface area contributed by atoms with Crippen LogP contribution in [0, 0.1) is 5.82 Å². The van der Waals surface area contributed by atoms with Gasteiger partial charge in [-0.15, -0.1) is 0 Å². The van der Waals surface area contributed by atoms with Crippen LogP contribution in [0.1, 0.15) is 46.9 Å². The predicted octanol–water partition coefficient (Wildman–Crippen LogP) is 2.81. The molecule has 2 aromatic rings. The number of guanidine groups is 1. The van der Waals surface area contributed by atoms with Gasteiger partial charge in [0.1, 0.15) is 16.5 Å². The zero-order chi connectivity index (χ0) is 22.6. The van der Waals surface area contributed by atoms with Crippen LogP contribution in [-0.4, -0.2) is 41.7 Å². The lowest BCUT2D eigenvalue weighted by Crippen LogP contribution is -2.56. The summed E-state index contributed by atoms with van der Waals surface area (Å²) in [6.45, 7) is 1.77. The van der Waals surface area contributed by atoms with Crippen molar-refractivity contribution in [3.8, 4) is 0 Å². The minimum atomic E-state index is -3.69. The molecule has 1 aromatic carbocycles. The second-order valence-corrected chi connectivity index (χ2v) is 10.7. The Morgan fingerprint density at radius 2 is 2.13 bits per heavy atom. The van der Waals surface area contributed by atoms with Gasteiger partial charge >= 0.3 is 0 Å². The molecule has 0 radical (unpaired) electrons. The lowest BCUT2D eigenvalue weighted by Gasteiger charge is -2.41. The number of halogens is 2. The molecule has 2 N–H and O–H groups in total. The molecule has 1 aliphatic heterocycles. The van der Waals surface area contributed by atoms with Crippen molar-refractivity contribution in [1.29, 1.82) is 0 Å². The maximum absolute atomic E-state index is 14.1. The number of rotatable bonds is 3. The van der Waals surface area contributed by atoms with Crippen molar-refractivity contribution >= 4 is 33.4 Å². The third kappa shape index (κ3) is 3.59. The van der Waals surface area contributed by atoms with Gasteiger partial charge in [-0.05, 0) is 48.9 Å². The van der Waals surface area contributed by atoms with Gasteiger partial charge in [-0.1, -0.05) is 29.8 Å². The number of hydrogen-bond donors (Lipinski definition) is 1. The van der Waals surface area contributed by atoms with E-state index in [-0.39, 0.29) is 23.1 Å². The van der Waals surface area contributed by atoms with Crippen LogP contribution in [-0.2, 0) is 28.4 Å². The normalized spacial score (nSPS) is 24.6. The molecule has 0 saturated carbocycles. The Bertz CT molecular complexity index is 1220. The minimum absolute atomic E-state index is 0.0690. The Hall–Kier alpha value is -2.52. The zero-order valence-corrected chi connectivity index (χ0v) is 18.7. The Morgan fingerprint density at radius 1 is 1.39 bits per heavy atom. The van der Waals surface area contributed by atoms with Crippen LogP contribution in [0.15, 0.2) is 35.5 Å². The number of fused-ring (bicyclic) bond motifs is 3. The van der Waals surface area contributed by atoms with E-state index in [2.05, 4.69) is 9.98 Å². The van der Waals surface area contributed by atoms with E-state index < -0.39 is 32.4 Å². The number of carbonyl (C=O) groups excluding carboxylic acids is 1. The summed E-state index contributed by atoms with van der Waals surface area (Å²) in [4.78, 5) is 21.0. The fourth-order valence-electron chi connectivity index (χ4n) is 4.44. The summed E-state index contributed by atoms with van der Waals surface area (Å²) in [7, 11) is -2.28. The number of aliphatic imine (C=N–C) groups is 1. The first-order chi connectivity index (χ1) is 14.5. The molecule has 0 saturated heterocycles. The van der Waals surface area contributed by atoms with Crippen molar-refractivity contribution in [3.63, 3.8) is 0 Å². The first-order valence-electron chi connectivity index (χ1n) is 9.83. The first kappa shape index (κ1) is 21.7. The van der Waals surface area contributed by atoms with Gasteiger partial charge < -0.3 is 5.73 Å². The number of Topliss-reactive ketones (excluding diaryl/α,β-unsaturated/α-hetero) is 1. The fourth-order valence-corrected chi connectivity index (χ4v) is 6.50. The molecule has 0 amide bonds. The first-order valence-corrected chi connectivity index (χ1v) is 11.7. The van der Waals surface area contributed by atoms with Crippen molar-refractivity contribution in [1.82, 2.24) is 9.29 Å². The smallest absolute Gasteiger partial charge is 0.242 e. The van der Waals surface area contributed by atoms with Gasteiger partial charge in [-0.25, -0.2) is 27.1 Å². The number of aromatic nitrogens is 1. The molecule has 31 heavy (non-hydrogen) atoms. The molecule has 2 heterocycles. The summed E-state index contributed by atoms with van der Waals surface area (Å²) in [5.41, 5.74) is 6.91. The second kappa shape index (κ2) is 7.56. The summed E-state index contributed by atoms with van der Waals surface area (Å²) >= 11 is 5.71. The monoisotopic (exact) mass is 464 g/mol. The SMILES string of the molecule is CN1C(N)=N[C@]2(C)c3cc(CC(=O)c4ncc(Cl)cc4F)ccc3CCC[C@@H]2S1(=O)=O. The van der Waals surface area contributed by atoms with Gasteiger partial charge in [0.2, 0.25) is 16.0 Å². The topological polar surface area (TPSA) is 106 Å². The molecular formula is C21H22ClFN4O3S. The van der Waals surface area contributed by atoms with E-state index in [0.29, 0.717) is 24.8 Å². The van der Waals surface area contributed by atoms with Crippen LogP contribution in [0.5, 0.6) is 0 Å². The maximum atomic E-state index is 14.1. The second-order valence-electron chi connectivity index (χ2n) is 8.09. The van der Waals surface area contributed by atoms with Gasteiger partial charge in [-0.3, -0.25) is 4.79 Å². The third-order valence-corrected chi connectivity index (χ3v) is 8.68. The predicted molar refractivity (Wildman–Crippen MR) is 116 cm³/mol. The summed E-state index contributed by atoms with van der Waals surface area (Å²) in [5, 5.41) is -0.656. The van der Waals surface area contributed by atoms with Crippen LogP contribution in [0.3, 0.4) is 0 Å². The van der Waals surface area contributed by atoms with Gasteiger partial charge in [-0.2, -0.15) is 0 Å². The van der Waals surface area contributed by atoms with Crippen LogP contribution >= 0.6 is 11.6 Å². The molecule has 10 heteroatoms. The molecule has 0 fully saturated rings. The molecule has 4 rings (SSSR count). The van der Waals surface area contributed by atoms with E-state index in [1.54, 1.807) is 19.1 Å². The van der Waals surface area contributed by atoms with E-state index in [9.17, 15) is 17.6 Å². The van der Waals surface area contributed by atoms with E-state index in [1.807, 2.05) is 6.07 Å². The molecular weight excluding hydrogens is 443 g/mol. The summed E-state index contributed by atoms with van der Waals surface area (Å²) in [6.07, 6.45) is 2.96. The van der Waals surface area contributed by atoms with Gasteiger partial charge in [0.15, 0.2) is 11.6 Å². The quantitative estimate of drug-likeness (QED) is 0.703. The van der Waals surface area contributed by atoms with Gasteiger partial charge in [0, 0.05) is 19.7 Å². The number of aryl methyl sites for hydroxylation is 1. The number of hydrogen-bond acceptors (Lipinski definition) is 6. The lowest BCUT2D eigenvalue weighted by atomic mass is 9.84. The van der Waals surface area contributed by atoms with Crippen molar-refractivity contribution in [3.05, 3.63) is 63.7 Å². The third-order valence-electron chi connectivity index (χ3n) is 6.11. The Kier molecular flexibility index (Phi) is 5.29. The van der Waals surface area contributed by atoms with Crippen molar-refractivity contribution in [2.45, 2.75) is 43.4 Å². The lowest BCUT2D eigenvalue weighted by molar-refractivity contribution is 0.0984. The van der Waals surface area contributed by atoms with Crippen LogP contribution in [0.25, 0.3) is 0 Å². The average Bonchev–Trinajstić information content (AvgIpc) is 2.83. The van der Waals surface area contributed by atoms with Crippen molar-refractivity contribution in [2.75, 3.05) is 7.05 Å². The van der Waals surface area contributed by atoms with Crippen molar-refractivity contribution < 1.29 is 17.6 Å². The minimum Gasteiger partial charge on any atom is -0.369 e. The number of pyridine rings is 1. The number of ketones is 1. The fraction of sp³-hybridized carbons (Fsp3) is 0.381. The zero-order valence-electron chi connectivity index (χ0n) is 17.1. The maximum Gasteiger partial charge on any atom is 0.242 e. The van der Waals surface area contributed by atoms with E-state index in [0.717, 1.165) is 21.5 Å². The Balaban J connectivity index is 1.76. The number of nitrogens with zero attached hydrogens (tertiary/aromatic N) is 3. The largest absolute Gasteiger partial charge is 0.369 e. The van der Waals surface area contributed by atoms with E-state index in [1.165, 1.54) is 13.2 Å². The standard InChI is InChI=1S/C21H22ClFN4O3S/c1-21-15-8-12(9-17(28)19-16(23)10-14(22)11-25-19)6-7-13(15)4-3-5-18(21)31(29,30)27(2)20(24)26-21/h6-8,10-11,18H,3-5,9H2,1-2H3,(H2,24,26)/t18-,21+/m0/s1. The highest BCUT2D eigenvalue weighted by Crippen LogP contribution is 2.44. The average molecular weight is 465 g/mol. The molecule has 1 aromatic heterocycles. The van der Waals surface area contributed by atoms with Crippen LogP contribution in [0.4, 0.5) is 4.39 Å². The van der Waals surface area contributed by atoms with E-state index in [4.69, 9.17) is 17.3 Å². The summed E-state index contributed by atoms with van der Waals surface area (Å²) in [5.74, 6) is -1.35. The highest BCUT2D eigenvalue weighted by atomic mass is 35.5. The molecule has 2 aliphatic rings. The number of sulfonamides is 1. The Labute approximate surface area is 185 Å². The number of nitrogens with two attached hydrogens (primary N) is 1. The van der Waals surface area contributed by atoms with E-state index >= 15 is 0 Å².